The number of para-hydroxylation sites is 1. The zero-order valence-electron chi connectivity index (χ0n) is 10.2. The Kier molecular flexibility index (Phi) is 4.21. The first-order chi connectivity index (χ1) is 9.49. The number of nitrogens with two attached hydrogens (primary N) is 1. The summed E-state index contributed by atoms with van der Waals surface area (Å²) in [5.74, 6) is -1.31. The molecule has 2 rings (SSSR count). The Morgan fingerprint density at radius 2 is 2.05 bits per heavy atom. The summed E-state index contributed by atoms with van der Waals surface area (Å²) < 4.78 is 5.03. The van der Waals surface area contributed by atoms with Gasteiger partial charge in [-0.3, -0.25) is 9.59 Å². The molecule has 1 atom stereocenters. The number of carboxylic acid groups (broad SMARTS) is 1. The van der Waals surface area contributed by atoms with Gasteiger partial charge in [-0.2, -0.15) is 0 Å². The predicted molar refractivity (Wildman–Crippen MR) is 74.9 cm³/mol. The molecule has 0 bridgehead atoms. The molecule has 0 fully saturated rings. The third kappa shape index (κ3) is 3.06. The molecule has 2 aromatic rings. The molecular formula is C13H11NO5S. The fourth-order valence-electron chi connectivity index (χ4n) is 1.52. The Labute approximate surface area is 117 Å². The van der Waals surface area contributed by atoms with E-state index < -0.39 is 22.8 Å². The number of hydrogen-bond donors (Lipinski definition) is 2. The first-order valence-electron chi connectivity index (χ1n) is 5.67. The lowest BCUT2D eigenvalue weighted by molar-refractivity contribution is -0.137. The first-order valence-corrected chi connectivity index (χ1v) is 6.66. The van der Waals surface area contributed by atoms with Crippen LogP contribution in [0.5, 0.6) is 0 Å². The van der Waals surface area contributed by atoms with Crippen molar-refractivity contribution in [2.45, 2.75) is 6.04 Å². The van der Waals surface area contributed by atoms with E-state index in [0.717, 1.165) is 0 Å². The van der Waals surface area contributed by atoms with E-state index >= 15 is 0 Å². The average molecular weight is 293 g/mol. The fraction of sp³-hybridized carbons (Fsp3) is 0.154. The Hall–Kier alpha value is -2.12. The second kappa shape index (κ2) is 5.89. The van der Waals surface area contributed by atoms with Crippen molar-refractivity contribution < 1.29 is 19.1 Å². The number of rotatable bonds is 4. The van der Waals surface area contributed by atoms with E-state index in [4.69, 9.17) is 15.3 Å². The molecule has 6 nitrogen and oxygen atoms in total. The third-order valence-corrected chi connectivity index (χ3v) is 3.58. The molecule has 0 radical (unpaired) electrons. The Balaban J connectivity index is 2.24. The zero-order valence-corrected chi connectivity index (χ0v) is 11.1. The highest BCUT2D eigenvalue weighted by molar-refractivity contribution is 8.14. The minimum atomic E-state index is -1.20. The van der Waals surface area contributed by atoms with Crippen molar-refractivity contribution in [3.63, 3.8) is 0 Å². The summed E-state index contributed by atoms with van der Waals surface area (Å²) in [5, 5.41) is 8.70. The molecule has 0 saturated carbocycles. The molecule has 0 aliphatic carbocycles. The van der Waals surface area contributed by atoms with Crippen molar-refractivity contribution in [2.75, 3.05) is 5.75 Å². The lowest BCUT2D eigenvalue weighted by Gasteiger charge is -2.05. The monoisotopic (exact) mass is 293 g/mol. The summed E-state index contributed by atoms with van der Waals surface area (Å²) >= 11 is 0.684. The number of carbonyl (C=O) groups excluding carboxylic acids is 1. The summed E-state index contributed by atoms with van der Waals surface area (Å²) in [6, 6.07) is 7.08. The van der Waals surface area contributed by atoms with Gasteiger partial charge in [-0.25, -0.2) is 4.79 Å². The van der Waals surface area contributed by atoms with Gasteiger partial charge in [-0.05, 0) is 12.1 Å². The molecule has 1 aromatic carbocycles. The number of carboxylic acids is 1. The summed E-state index contributed by atoms with van der Waals surface area (Å²) in [6.07, 6.45) is 0. The summed E-state index contributed by atoms with van der Waals surface area (Å²) in [5.41, 5.74) is 4.82. The Morgan fingerprint density at radius 3 is 2.75 bits per heavy atom. The highest BCUT2D eigenvalue weighted by Gasteiger charge is 2.18. The van der Waals surface area contributed by atoms with E-state index in [-0.39, 0.29) is 11.3 Å². The van der Waals surface area contributed by atoms with Crippen molar-refractivity contribution in [3.8, 4) is 0 Å². The Bertz CT molecular complexity index is 724. The maximum atomic E-state index is 11.9. The second-order valence-corrected chi connectivity index (χ2v) is 5.02. The first kappa shape index (κ1) is 14.3. The molecule has 0 spiro atoms. The minimum Gasteiger partial charge on any atom is -0.480 e. The molecule has 0 aliphatic rings. The summed E-state index contributed by atoms with van der Waals surface area (Å²) in [7, 11) is 0. The van der Waals surface area contributed by atoms with Gasteiger partial charge >= 0.3 is 11.6 Å². The fourth-order valence-corrected chi connectivity index (χ4v) is 2.29. The van der Waals surface area contributed by atoms with E-state index in [1.54, 1.807) is 24.3 Å². The number of fused-ring (bicyclic) bond motifs is 1. The smallest absolute Gasteiger partial charge is 0.348 e. The SMILES string of the molecule is N[C@@H](CSC(=O)c1cc2ccccc2oc1=O)C(=O)O. The van der Waals surface area contributed by atoms with Gasteiger partial charge in [0.1, 0.15) is 17.2 Å². The van der Waals surface area contributed by atoms with Crippen LogP contribution in [0.2, 0.25) is 0 Å². The van der Waals surface area contributed by atoms with Crippen LogP contribution in [-0.4, -0.2) is 28.0 Å². The predicted octanol–water partition coefficient (Wildman–Crippen LogP) is 1.08. The van der Waals surface area contributed by atoms with Crippen molar-refractivity contribution in [3.05, 3.63) is 46.3 Å². The van der Waals surface area contributed by atoms with Crippen LogP contribution in [0.3, 0.4) is 0 Å². The van der Waals surface area contributed by atoms with Crippen molar-refractivity contribution >= 4 is 33.8 Å². The molecule has 1 aromatic heterocycles. The molecule has 0 amide bonds. The van der Waals surface area contributed by atoms with Crippen molar-refractivity contribution in [2.24, 2.45) is 5.73 Å². The number of carbonyl (C=O) groups is 2. The number of thioether (sulfide) groups is 1. The van der Waals surface area contributed by atoms with E-state index in [1.807, 2.05) is 0 Å². The van der Waals surface area contributed by atoms with Gasteiger partial charge in [-0.15, -0.1) is 0 Å². The molecule has 0 aliphatic heterocycles. The summed E-state index contributed by atoms with van der Waals surface area (Å²) in [4.78, 5) is 34.2. The van der Waals surface area contributed by atoms with Crippen LogP contribution in [0.1, 0.15) is 10.4 Å². The van der Waals surface area contributed by atoms with Crippen LogP contribution in [-0.2, 0) is 4.79 Å². The topological polar surface area (TPSA) is 111 Å². The van der Waals surface area contributed by atoms with Gasteiger partial charge in [0.25, 0.3) is 0 Å². The molecular weight excluding hydrogens is 282 g/mol. The summed E-state index contributed by atoms with van der Waals surface area (Å²) in [6.45, 7) is 0. The number of benzene rings is 1. The van der Waals surface area contributed by atoms with Gasteiger partial charge in [0.2, 0.25) is 5.12 Å². The van der Waals surface area contributed by atoms with Gasteiger partial charge < -0.3 is 15.3 Å². The molecule has 3 N–H and O–H groups in total. The van der Waals surface area contributed by atoms with E-state index in [1.165, 1.54) is 6.07 Å². The van der Waals surface area contributed by atoms with E-state index in [2.05, 4.69) is 0 Å². The van der Waals surface area contributed by atoms with E-state index in [0.29, 0.717) is 22.7 Å². The van der Waals surface area contributed by atoms with Crippen molar-refractivity contribution in [1.29, 1.82) is 0 Å². The highest BCUT2D eigenvalue weighted by Crippen LogP contribution is 2.16. The maximum absolute atomic E-state index is 11.9. The van der Waals surface area contributed by atoms with Crippen LogP contribution in [0.4, 0.5) is 0 Å². The van der Waals surface area contributed by atoms with E-state index in [9.17, 15) is 14.4 Å². The lowest BCUT2D eigenvalue weighted by atomic mass is 10.2. The molecule has 0 saturated heterocycles. The lowest BCUT2D eigenvalue weighted by Crippen LogP contribution is -2.33. The third-order valence-electron chi connectivity index (χ3n) is 2.57. The molecule has 1 heterocycles. The molecule has 7 heteroatoms. The standard InChI is InChI=1S/C13H11NO5S/c14-9(11(15)16)6-20-13(18)8-5-7-3-1-2-4-10(7)19-12(8)17/h1-5,9H,6,14H2,(H,15,16)/t9-/m0/s1. The van der Waals surface area contributed by atoms with Crippen molar-refractivity contribution in [1.82, 2.24) is 0 Å². The number of hydrogen-bond acceptors (Lipinski definition) is 6. The van der Waals surface area contributed by atoms with Gasteiger partial charge in [0.05, 0.1) is 0 Å². The molecule has 20 heavy (non-hydrogen) atoms. The van der Waals surface area contributed by atoms with Gasteiger partial charge in [0, 0.05) is 11.1 Å². The Morgan fingerprint density at radius 1 is 1.35 bits per heavy atom. The average Bonchev–Trinajstić information content (AvgIpc) is 2.43. The van der Waals surface area contributed by atoms with Gasteiger partial charge in [0.15, 0.2) is 0 Å². The van der Waals surface area contributed by atoms with Crippen LogP contribution in [0.15, 0.2) is 39.5 Å². The maximum Gasteiger partial charge on any atom is 0.348 e. The largest absolute Gasteiger partial charge is 0.480 e. The minimum absolute atomic E-state index is 0.111. The quantitative estimate of drug-likeness (QED) is 0.811. The molecule has 0 unspecified atom stereocenters. The normalized spacial score (nSPS) is 12.2. The number of aliphatic carboxylic acids is 1. The van der Waals surface area contributed by atoms with Crippen LogP contribution < -0.4 is 11.4 Å². The van der Waals surface area contributed by atoms with Crippen LogP contribution >= 0.6 is 11.8 Å². The highest BCUT2D eigenvalue weighted by atomic mass is 32.2. The second-order valence-electron chi connectivity index (χ2n) is 4.03. The van der Waals surface area contributed by atoms with Crippen LogP contribution in [0, 0.1) is 0 Å². The molecule has 104 valence electrons. The zero-order chi connectivity index (χ0) is 14.7. The van der Waals surface area contributed by atoms with Crippen LogP contribution in [0.25, 0.3) is 11.0 Å². The van der Waals surface area contributed by atoms with Gasteiger partial charge in [-0.1, -0.05) is 30.0 Å².